The van der Waals surface area contributed by atoms with Crippen molar-refractivity contribution < 1.29 is 0 Å². The molecular formula is C18H2N12. The molecule has 0 aliphatic rings. The molecule has 0 spiro atoms. The summed E-state index contributed by atoms with van der Waals surface area (Å²) in [5.74, 6) is -0.0857. The number of aromatic nitrogens is 6. The maximum atomic E-state index is 9.35. The molecular weight excluding hydrogens is 384 g/mol. The van der Waals surface area contributed by atoms with Crippen LogP contribution in [-0.2, 0) is 0 Å². The van der Waals surface area contributed by atoms with E-state index in [0.717, 1.165) is 0 Å². The molecule has 0 aliphatic heterocycles. The van der Waals surface area contributed by atoms with Crippen LogP contribution in [0.25, 0.3) is 33.1 Å². The van der Waals surface area contributed by atoms with Crippen LogP contribution < -0.4 is 0 Å². The lowest BCUT2D eigenvalue weighted by molar-refractivity contribution is 1.16. The fourth-order valence-electron chi connectivity index (χ4n) is 2.79. The zero-order chi connectivity index (χ0) is 21.4. The van der Waals surface area contributed by atoms with Gasteiger partial charge in [0, 0.05) is 0 Å². The number of hydrogen-bond donors (Lipinski definition) is 0. The second kappa shape index (κ2) is 6.51. The lowest BCUT2D eigenvalue weighted by atomic mass is 10.1. The predicted molar refractivity (Wildman–Crippen MR) is 98.5 cm³/mol. The summed E-state index contributed by atoms with van der Waals surface area (Å²) in [5.41, 5.74) is -1.01. The molecule has 0 fully saturated rings. The van der Waals surface area contributed by atoms with Gasteiger partial charge in [0.1, 0.15) is 63.4 Å². The summed E-state index contributed by atoms with van der Waals surface area (Å²) < 4.78 is 0. The quantitative estimate of drug-likeness (QED) is 0.335. The number of nitriles is 5. The van der Waals surface area contributed by atoms with Gasteiger partial charge in [-0.2, -0.15) is 26.3 Å². The van der Waals surface area contributed by atoms with Gasteiger partial charge >= 0.3 is 0 Å². The summed E-state index contributed by atoms with van der Waals surface area (Å²) in [6.45, 7) is 3.36. The Morgan fingerprint density at radius 1 is 0.467 bits per heavy atom. The first-order valence-electron chi connectivity index (χ1n) is 7.84. The lowest BCUT2D eigenvalue weighted by Crippen LogP contribution is -2.04. The minimum atomic E-state index is -0.270. The molecule has 0 aliphatic carbocycles. The molecule has 134 valence electrons. The third-order valence-corrected chi connectivity index (χ3v) is 4.02. The second-order valence-electron chi connectivity index (χ2n) is 5.55. The van der Waals surface area contributed by atoms with E-state index in [4.69, 9.17) is 0 Å². The molecule has 0 atom stereocenters. The van der Waals surface area contributed by atoms with Gasteiger partial charge in [-0.15, -0.1) is 0 Å². The average Bonchev–Trinajstić information content (AvgIpc) is 2.81. The summed E-state index contributed by atoms with van der Waals surface area (Å²) >= 11 is 0. The van der Waals surface area contributed by atoms with Crippen molar-refractivity contribution in [1.82, 2.24) is 29.9 Å². The smallest absolute Gasteiger partial charge is 0.189 e. The van der Waals surface area contributed by atoms with Crippen LogP contribution in [0.1, 0.15) is 28.5 Å². The minimum Gasteiger partial charge on any atom is -0.243 e. The van der Waals surface area contributed by atoms with Crippen LogP contribution in [0.15, 0.2) is 4.99 Å². The van der Waals surface area contributed by atoms with Crippen molar-refractivity contribution in [1.29, 1.82) is 26.3 Å². The van der Waals surface area contributed by atoms with Crippen molar-refractivity contribution in [2.45, 2.75) is 0 Å². The van der Waals surface area contributed by atoms with E-state index in [2.05, 4.69) is 41.6 Å². The molecule has 4 aromatic rings. The molecule has 0 unspecified atom stereocenters. The number of fused-ring (bicyclic) bond motifs is 6. The fraction of sp³-hybridized carbons (Fsp3) is 0. The first-order valence-corrected chi connectivity index (χ1v) is 7.84. The van der Waals surface area contributed by atoms with Gasteiger partial charge in [-0.05, 0) is 6.72 Å². The van der Waals surface area contributed by atoms with Crippen LogP contribution >= 0.6 is 0 Å². The highest BCUT2D eigenvalue weighted by Gasteiger charge is 2.22. The number of aliphatic imine (C=N–C) groups is 1. The van der Waals surface area contributed by atoms with Crippen molar-refractivity contribution >= 4 is 45.6 Å². The Morgan fingerprint density at radius 3 is 1.00 bits per heavy atom. The summed E-state index contributed by atoms with van der Waals surface area (Å²) in [7, 11) is 0. The summed E-state index contributed by atoms with van der Waals surface area (Å²) in [6.07, 6.45) is 0. The van der Waals surface area contributed by atoms with Gasteiger partial charge in [0.05, 0.1) is 0 Å². The van der Waals surface area contributed by atoms with E-state index < -0.39 is 0 Å². The minimum absolute atomic E-state index is 0.0130. The topological polar surface area (TPSA) is 209 Å². The van der Waals surface area contributed by atoms with E-state index in [9.17, 15) is 26.3 Å². The van der Waals surface area contributed by atoms with Crippen LogP contribution in [0.5, 0.6) is 0 Å². The first-order chi connectivity index (χ1) is 14.6. The maximum Gasteiger partial charge on any atom is 0.189 e. The Balaban J connectivity index is 2.42. The molecule has 3 aromatic heterocycles. The molecule has 12 nitrogen and oxygen atoms in total. The van der Waals surface area contributed by atoms with E-state index in [1.807, 2.05) is 6.07 Å². The number of rotatable bonds is 1. The third kappa shape index (κ3) is 2.32. The molecule has 12 heteroatoms. The highest BCUT2D eigenvalue weighted by Crippen LogP contribution is 2.32. The Bertz CT molecular complexity index is 1620. The molecule has 1 aromatic carbocycles. The molecule has 0 amide bonds. The Kier molecular flexibility index (Phi) is 3.85. The average molecular weight is 386 g/mol. The van der Waals surface area contributed by atoms with Crippen molar-refractivity contribution in [2.75, 3.05) is 0 Å². The third-order valence-electron chi connectivity index (χ3n) is 4.02. The van der Waals surface area contributed by atoms with E-state index in [1.165, 1.54) is 0 Å². The first kappa shape index (κ1) is 17.8. The molecule has 0 bridgehead atoms. The van der Waals surface area contributed by atoms with Crippen LogP contribution in [0, 0.1) is 56.7 Å². The number of benzene rings is 1. The monoisotopic (exact) mass is 386 g/mol. The van der Waals surface area contributed by atoms with E-state index in [1.54, 1.807) is 24.3 Å². The zero-order valence-electron chi connectivity index (χ0n) is 14.6. The van der Waals surface area contributed by atoms with Crippen molar-refractivity contribution in [3.63, 3.8) is 0 Å². The molecule has 0 radical (unpaired) electrons. The standard InChI is InChI=1S/C18H2N12/c1-24-18-11(6-23)29-16-14-12(25-7(2-19)8(3-20)27-14)13-15(17(16)30-18)28-10(5-22)9(4-21)26-13/h1H2. The zero-order valence-corrected chi connectivity index (χ0v) is 14.6. The molecule has 0 saturated heterocycles. The normalized spacial score (nSPS) is 9.97. The van der Waals surface area contributed by atoms with Gasteiger partial charge in [0.25, 0.3) is 0 Å². The van der Waals surface area contributed by atoms with Crippen molar-refractivity contribution in [2.24, 2.45) is 4.99 Å². The highest BCUT2D eigenvalue weighted by atomic mass is 15.0. The second-order valence-corrected chi connectivity index (χ2v) is 5.55. The van der Waals surface area contributed by atoms with E-state index in [0.29, 0.717) is 0 Å². The van der Waals surface area contributed by atoms with E-state index in [-0.39, 0.29) is 67.4 Å². The summed E-state index contributed by atoms with van der Waals surface area (Å²) in [6, 6.07) is 8.94. The van der Waals surface area contributed by atoms with Gasteiger partial charge in [0.15, 0.2) is 34.3 Å². The van der Waals surface area contributed by atoms with Gasteiger partial charge in [0.2, 0.25) is 0 Å². The highest BCUT2D eigenvalue weighted by molar-refractivity contribution is 6.18. The fourth-order valence-corrected chi connectivity index (χ4v) is 2.79. The predicted octanol–water partition coefficient (Wildman–Crippen LogP) is 1.21. The molecule has 0 N–H and O–H groups in total. The lowest BCUT2D eigenvalue weighted by Gasteiger charge is -2.09. The SMILES string of the molecule is C=Nc1nc2c3nc(C#N)c(C#N)nc3c3nc(C#N)c(C#N)nc3c2nc1C#N. The van der Waals surface area contributed by atoms with Crippen LogP contribution in [0.4, 0.5) is 5.82 Å². The van der Waals surface area contributed by atoms with Gasteiger partial charge in [-0.25, -0.2) is 34.9 Å². The summed E-state index contributed by atoms with van der Waals surface area (Å²) in [5, 5.41) is 46.6. The maximum absolute atomic E-state index is 9.35. The van der Waals surface area contributed by atoms with Crippen LogP contribution in [0.2, 0.25) is 0 Å². The van der Waals surface area contributed by atoms with Gasteiger partial charge in [-0.3, -0.25) is 0 Å². The molecule has 4 rings (SSSR count). The molecule has 0 saturated carbocycles. The van der Waals surface area contributed by atoms with Crippen molar-refractivity contribution in [3.05, 3.63) is 28.5 Å². The largest absolute Gasteiger partial charge is 0.243 e. The Morgan fingerprint density at radius 2 is 0.733 bits per heavy atom. The van der Waals surface area contributed by atoms with Crippen molar-refractivity contribution in [3.8, 4) is 30.3 Å². The Hall–Kier alpha value is -5.64. The number of nitrogens with zero attached hydrogens (tertiary/aromatic N) is 12. The summed E-state index contributed by atoms with van der Waals surface area (Å²) in [4.78, 5) is 28.7. The van der Waals surface area contributed by atoms with Crippen LogP contribution in [-0.4, -0.2) is 36.6 Å². The van der Waals surface area contributed by atoms with Gasteiger partial charge in [-0.1, -0.05) is 0 Å². The Labute approximate surface area is 166 Å². The number of hydrogen-bond acceptors (Lipinski definition) is 12. The van der Waals surface area contributed by atoms with Crippen LogP contribution in [0.3, 0.4) is 0 Å². The molecule has 3 heterocycles. The van der Waals surface area contributed by atoms with Gasteiger partial charge < -0.3 is 0 Å². The molecule has 30 heavy (non-hydrogen) atoms. The van der Waals surface area contributed by atoms with E-state index >= 15 is 0 Å².